The number of likely N-dealkylation sites (N-methyl/N-ethyl adjacent to an activating group) is 1. The molecule has 122 valence electrons. The fraction of sp³-hybridized carbons (Fsp3) is 0.462. The number of amides is 1. The van der Waals surface area contributed by atoms with E-state index in [-0.39, 0.29) is 27.4 Å². The van der Waals surface area contributed by atoms with Gasteiger partial charge in [0.1, 0.15) is 4.90 Å². The van der Waals surface area contributed by atoms with Gasteiger partial charge in [0, 0.05) is 31.2 Å². The van der Waals surface area contributed by atoms with Crippen molar-refractivity contribution in [1.82, 2.24) is 14.5 Å². The second-order valence-corrected chi connectivity index (χ2v) is 7.66. The molecular formula is C13H17Cl2N3O3S. The van der Waals surface area contributed by atoms with Gasteiger partial charge < -0.3 is 9.80 Å². The Morgan fingerprint density at radius 3 is 2.50 bits per heavy atom. The zero-order valence-electron chi connectivity index (χ0n) is 12.1. The molecule has 0 saturated carbocycles. The van der Waals surface area contributed by atoms with E-state index < -0.39 is 10.0 Å². The van der Waals surface area contributed by atoms with E-state index >= 15 is 0 Å². The van der Waals surface area contributed by atoms with Crippen molar-refractivity contribution in [3.8, 4) is 0 Å². The highest BCUT2D eigenvalue weighted by atomic mass is 35.5. The van der Waals surface area contributed by atoms with Gasteiger partial charge in [0.15, 0.2) is 0 Å². The largest absolute Gasteiger partial charge is 0.339 e. The number of hydrogen-bond acceptors (Lipinski definition) is 4. The van der Waals surface area contributed by atoms with Gasteiger partial charge in [-0.15, -0.1) is 0 Å². The fourth-order valence-electron chi connectivity index (χ4n) is 2.09. The van der Waals surface area contributed by atoms with Crippen LogP contribution in [0.4, 0.5) is 0 Å². The average molecular weight is 366 g/mol. The number of piperazine rings is 1. The van der Waals surface area contributed by atoms with Crippen molar-refractivity contribution < 1.29 is 13.2 Å². The van der Waals surface area contributed by atoms with Crippen molar-refractivity contribution in [1.29, 1.82) is 0 Å². The minimum Gasteiger partial charge on any atom is -0.339 e. The molecule has 0 radical (unpaired) electrons. The normalized spacial score (nSPS) is 16.8. The molecule has 1 aromatic carbocycles. The van der Waals surface area contributed by atoms with Crippen LogP contribution in [-0.2, 0) is 14.8 Å². The van der Waals surface area contributed by atoms with E-state index in [9.17, 15) is 13.2 Å². The SMILES string of the molecule is CN1CCN(C(=O)CNS(=O)(=O)c2cc(Cl)ccc2Cl)CC1. The van der Waals surface area contributed by atoms with Crippen LogP contribution in [0.5, 0.6) is 0 Å². The quantitative estimate of drug-likeness (QED) is 0.865. The van der Waals surface area contributed by atoms with Gasteiger partial charge in [-0.1, -0.05) is 23.2 Å². The molecule has 1 saturated heterocycles. The van der Waals surface area contributed by atoms with E-state index in [0.717, 1.165) is 13.1 Å². The number of hydrogen-bond donors (Lipinski definition) is 1. The molecule has 1 heterocycles. The van der Waals surface area contributed by atoms with Gasteiger partial charge in [0.2, 0.25) is 15.9 Å². The lowest BCUT2D eigenvalue weighted by Gasteiger charge is -2.32. The third-order valence-corrected chi connectivity index (χ3v) is 5.57. The summed E-state index contributed by atoms with van der Waals surface area (Å²) >= 11 is 11.7. The van der Waals surface area contributed by atoms with Crippen molar-refractivity contribution in [2.45, 2.75) is 4.90 Å². The summed E-state index contributed by atoms with van der Waals surface area (Å²) in [4.78, 5) is 15.7. The first-order chi connectivity index (χ1) is 10.3. The first-order valence-electron chi connectivity index (χ1n) is 6.70. The molecule has 2 rings (SSSR count). The van der Waals surface area contributed by atoms with Crippen LogP contribution in [-0.4, -0.2) is 63.9 Å². The number of carbonyl (C=O) groups excluding carboxylic acids is 1. The Balaban J connectivity index is 2.00. The standard InChI is InChI=1S/C13H17Cl2N3O3S/c1-17-4-6-18(7-5-17)13(19)9-16-22(20,21)12-8-10(14)2-3-11(12)15/h2-3,8,16H,4-7,9H2,1H3. The summed E-state index contributed by atoms with van der Waals surface area (Å²) in [6.45, 7) is 2.44. The molecular weight excluding hydrogens is 349 g/mol. The molecule has 0 unspecified atom stereocenters. The molecule has 1 aliphatic rings. The van der Waals surface area contributed by atoms with E-state index in [1.807, 2.05) is 7.05 Å². The number of sulfonamides is 1. The molecule has 1 N–H and O–H groups in total. The van der Waals surface area contributed by atoms with Crippen LogP contribution >= 0.6 is 23.2 Å². The predicted molar refractivity (Wildman–Crippen MR) is 85.7 cm³/mol. The van der Waals surface area contributed by atoms with Gasteiger partial charge in [0.25, 0.3) is 0 Å². The molecule has 1 aromatic rings. The van der Waals surface area contributed by atoms with Crippen LogP contribution in [0.25, 0.3) is 0 Å². The van der Waals surface area contributed by atoms with Crippen molar-refractivity contribution >= 4 is 39.1 Å². The van der Waals surface area contributed by atoms with Gasteiger partial charge in [-0.05, 0) is 25.2 Å². The number of benzene rings is 1. The number of carbonyl (C=O) groups is 1. The third kappa shape index (κ3) is 4.33. The summed E-state index contributed by atoms with van der Waals surface area (Å²) < 4.78 is 26.7. The van der Waals surface area contributed by atoms with Crippen LogP contribution in [0.2, 0.25) is 10.0 Å². The number of nitrogens with one attached hydrogen (secondary N) is 1. The van der Waals surface area contributed by atoms with Crippen LogP contribution in [0, 0.1) is 0 Å². The Labute approximate surface area is 140 Å². The van der Waals surface area contributed by atoms with Gasteiger partial charge in [-0.25, -0.2) is 13.1 Å². The van der Waals surface area contributed by atoms with E-state index in [1.165, 1.54) is 18.2 Å². The topological polar surface area (TPSA) is 69.7 Å². The molecule has 1 fully saturated rings. The third-order valence-electron chi connectivity index (χ3n) is 3.45. The van der Waals surface area contributed by atoms with Crippen molar-refractivity contribution in [3.63, 3.8) is 0 Å². The summed E-state index contributed by atoms with van der Waals surface area (Å²) in [7, 11) is -1.90. The number of rotatable bonds is 4. The summed E-state index contributed by atoms with van der Waals surface area (Å²) in [5.41, 5.74) is 0. The molecule has 9 heteroatoms. The first-order valence-corrected chi connectivity index (χ1v) is 8.94. The highest BCUT2D eigenvalue weighted by Gasteiger charge is 2.23. The van der Waals surface area contributed by atoms with Crippen LogP contribution in [0.15, 0.2) is 23.1 Å². The van der Waals surface area contributed by atoms with E-state index in [0.29, 0.717) is 13.1 Å². The van der Waals surface area contributed by atoms with Crippen LogP contribution in [0.1, 0.15) is 0 Å². The Kier molecular flexibility index (Phi) is 5.68. The molecule has 0 bridgehead atoms. The molecule has 0 atom stereocenters. The lowest BCUT2D eigenvalue weighted by Crippen LogP contribution is -2.50. The molecule has 22 heavy (non-hydrogen) atoms. The van der Waals surface area contributed by atoms with E-state index in [1.54, 1.807) is 4.90 Å². The number of nitrogens with zero attached hydrogens (tertiary/aromatic N) is 2. The van der Waals surface area contributed by atoms with Crippen molar-refractivity contribution in [2.75, 3.05) is 39.8 Å². The lowest BCUT2D eigenvalue weighted by molar-refractivity contribution is -0.131. The minimum atomic E-state index is -3.88. The second kappa shape index (κ2) is 7.14. The Bertz CT molecular complexity index is 658. The molecule has 0 aromatic heterocycles. The minimum absolute atomic E-state index is 0.0592. The second-order valence-electron chi connectivity index (χ2n) is 5.08. The Hall–Kier alpha value is -0.860. The molecule has 0 aliphatic carbocycles. The molecule has 1 aliphatic heterocycles. The Morgan fingerprint density at radius 1 is 1.23 bits per heavy atom. The number of halogens is 2. The fourth-order valence-corrected chi connectivity index (χ4v) is 3.82. The first kappa shape index (κ1) is 17.5. The van der Waals surface area contributed by atoms with Crippen molar-refractivity contribution in [2.24, 2.45) is 0 Å². The smallest absolute Gasteiger partial charge is 0.242 e. The average Bonchev–Trinajstić information content (AvgIpc) is 2.48. The van der Waals surface area contributed by atoms with Crippen LogP contribution in [0.3, 0.4) is 0 Å². The van der Waals surface area contributed by atoms with Gasteiger partial charge in [-0.2, -0.15) is 0 Å². The summed E-state index contributed by atoms with van der Waals surface area (Å²) in [6.07, 6.45) is 0. The highest BCUT2D eigenvalue weighted by molar-refractivity contribution is 7.89. The maximum Gasteiger partial charge on any atom is 0.242 e. The van der Waals surface area contributed by atoms with Crippen LogP contribution < -0.4 is 4.72 Å². The Morgan fingerprint density at radius 2 is 1.86 bits per heavy atom. The lowest BCUT2D eigenvalue weighted by atomic mass is 10.3. The molecule has 1 amide bonds. The molecule has 6 nitrogen and oxygen atoms in total. The monoisotopic (exact) mass is 365 g/mol. The summed E-state index contributed by atoms with van der Waals surface area (Å²) in [5, 5.41) is 0.319. The van der Waals surface area contributed by atoms with Gasteiger partial charge in [0.05, 0.1) is 11.6 Å². The predicted octanol–water partition coefficient (Wildman–Crippen LogP) is 1.05. The van der Waals surface area contributed by atoms with Crippen molar-refractivity contribution in [3.05, 3.63) is 28.2 Å². The summed E-state index contributed by atoms with van der Waals surface area (Å²) in [6, 6.07) is 4.16. The van der Waals surface area contributed by atoms with E-state index in [4.69, 9.17) is 23.2 Å². The maximum absolute atomic E-state index is 12.2. The van der Waals surface area contributed by atoms with E-state index in [2.05, 4.69) is 9.62 Å². The maximum atomic E-state index is 12.2. The zero-order valence-corrected chi connectivity index (χ0v) is 14.4. The van der Waals surface area contributed by atoms with Gasteiger partial charge >= 0.3 is 0 Å². The highest BCUT2D eigenvalue weighted by Crippen LogP contribution is 2.24. The zero-order chi connectivity index (χ0) is 16.3. The summed E-state index contributed by atoms with van der Waals surface area (Å²) in [5.74, 6) is -0.255. The van der Waals surface area contributed by atoms with Gasteiger partial charge in [-0.3, -0.25) is 4.79 Å². The molecule has 0 spiro atoms.